The Morgan fingerprint density at radius 1 is 1.10 bits per heavy atom. The topological polar surface area (TPSA) is 84.9 Å². The van der Waals surface area contributed by atoms with E-state index in [1.165, 1.54) is 19.3 Å². The fraction of sp³-hybridized carbons (Fsp3) is 0.227. The molecule has 8 heteroatoms. The molecule has 0 aromatic heterocycles. The SMILES string of the molecule is COc1ccc(/C=C2\C(=O)NC(=O)N(c3cc(Cl)ccc3C)C2=O)c(OC(C)C)c1. The first kappa shape index (κ1) is 21.4. The van der Waals surface area contributed by atoms with Crippen molar-refractivity contribution in [2.24, 2.45) is 0 Å². The fourth-order valence-corrected chi connectivity index (χ4v) is 3.14. The van der Waals surface area contributed by atoms with Gasteiger partial charge >= 0.3 is 6.03 Å². The highest BCUT2D eigenvalue weighted by molar-refractivity contribution is 6.39. The van der Waals surface area contributed by atoms with Gasteiger partial charge in [0.15, 0.2) is 0 Å². The Labute approximate surface area is 179 Å². The molecule has 1 N–H and O–H groups in total. The molecule has 0 atom stereocenters. The molecule has 4 amide bonds. The van der Waals surface area contributed by atoms with Crippen LogP contribution in [0.5, 0.6) is 11.5 Å². The van der Waals surface area contributed by atoms with E-state index in [0.29, 0.717) is 33.3 Å². The minimum atomic E-state index is -0.832. The Morgan fingerprint density at radius 3 is 2.50 bits per heavy atom. The number of imide groups is 2. The van der Waals surface area contributed by atoms with Gasteiger partial charge in [0.1, 0.15) is 17.1 Å². The third-order valence-electron chi connectivity index (χ3n) is 4.40. The molecular formula is C22H21ClN2O5. The van der Waals surface area contributed by atoms with Gasteiger partial charge in [0.2, 0.25) is 0 Å². The first-order chi connectivity index (χ1) is 14.2. The minimum Gasteiger partial charge on any atom is -0.497 e. The van der Waals surface area contributed by atoms with E-state index in [4.69, 9.17) is 21.1 Å². The van der Waals surface area contributed by atoms with E-state index in [1.807, 2.05) is 13.8 Å². The molecule has 156 valence electrons. The van der Waals surface area contributed by atoms with Crippen LogP contribution in [0, 0.1) is 6.92 Å². The highest BCUT2D eigenvalue weighted by atomic mass is 35.5. The average molecular weight is 429 g/mol. The number of nitrogens with zero attached hydrogens (tertiary/aromatic N) is 1. The number of anilines is 1. The molecule has 2 aromatic rings. The molecule has 0 unspecified atom stereocenters. The van der Waals surface area contributed by atoms with Crippen molar-refractivity contribution in [3.63, 3.8) is 0 Å². The summed E-state index contributed by atoms with van der Waals surface area (Å²) >= 11 is 6.04. The van der Waals surface area contributed by atoms with Crippen LogP contribution < -0.4 is 19.7 Å². The standard InChI is InChI=1S/C22H21ClN2O5/c1-12(2)30-19-11-16(29-4)8-6-14(19)9-17-20(26)24-22(28)25(21(17)27)18-10-15(23)7-5-13(18)3/h5-12H,1-4H3,(H,24,26,28)/b17-9+. The predicted octanol–water partition coefficient (Wildman–Crippen LogP) is 4.11. The van der Waals surface area contributed by atoms with Gasteiger partial charge < -0.3 is 9.47 Å². The van der Waals surface area contributed by atoms with E-state index >= 15 is 0 Å². The highest BCUT2D eigenvalue weighted by Crippen LogP contribution is 2.31. The number of amides is 4. The summed E-state index contributed by atoms with van der Waals surface area (Å²) in [5, 5.41) is 2.57. The summed E-state index contributed by atoms with van der Waals surface area (Å²) < 4.78 is 11.0. The molecule has 0 aliphatic carbocycles. The number of nitrogens with one attached hydrogen (secondary N) is 1. The van der Waals surface area contributed by atoms with Crippen LogP contribution in [-0.2, 0) is 9.59 Å². The molecule has 0 bridgehead atoms. The zero-order valence-corrected chi connectivity index (χ0v) is 17.7. The lowest BCUT2D eigenvalue weighted by Gasteiger charge is -2.27. The van der Waals surface area contributed by atoms with Crippen molar-refractivity contribution in [2.75, 3.05) is 12.0 Å². The maximum Gasteiger partial charge on any atom is 0.335 e. The highest BCUT2D eigenvalue weighted by Gasteiger charge is 2.37. The number of methoxy groups -OCH3 is 1. The quantitative estimate of drug-likeness (QED) is 0.572. The van der Waals surface area contributed by atoms with Crippen molar-refractivity contribution in [2.45, 2.75) is 26.9 Å². The van der Waals surface area contributed by atoms with Crippen molar-refractivity contribution in [3.05, 3.63) is 58.1 Å². The van der Waals surface area contributed by atoms with E-state index in [0.717, 1.165) is 4.90 Å². The maximum absolute atomic E-state index is 13.1. The summed E-state index contributed by atoms with van der Waals surface area (Å²) in [6.07, 6.45) is 1.26. The van der Waals surface area contributed by atoms with E-state index in [2.05, 4.69) is 5.32 Å². The molecule has 0 radical (unpaired) electrons. The summed E-state index contributed by atoms with van der Waals surface area (Å²) in [4.78, 5) is 38.9. The predicted molar refractivity (Wildman–Crippen MR) is 114 cm³/mol. The van der Waals surface area contributed by atoms with Gasteiger partial charge in [0.05, 0.1) is 18.9 Å². The first-order valence-corrected chi connectivity index (χ1v) is 9.61. The van der Waals surface area contributed by atoms with Crippen LogP contribution in [0.1, 0.15) is 25.0 Å². The zero-order valence-electron chi connectivity index (χ0n) is 17.0. The number of carbonyl (C=O) groups is 3. The zero-order chi connectivity index (χ0) is 22.0. The van der Waals surface area contributed by atoms with Crippen LogP contribution in [0.15, 0.2) is 42.0 Å². The first-order valence-electron chi connectivity index (χ1n) is 9.23. The molecule has 1 fully saturated rings. The van der Waals surface area contributed by atoms with Gasteiger partial charge in [-0.05, 0) is 56.7 Å². The molecule has 0 spiro atoms. The minimum absolute atomic E-state index is 0.141. The van der Waals surface area contributed by atoms with E-state index < -0.39 is 17.8 Å². The molecule has 1 heterocycles. The number of benzene rings is 2. The second kappa shape index (κ2) is 8.59. The third kappa shape index (κ3) is 4.31. The summed E-state index contributed by atoms with van der Waals surface area (Å²) in [6, 6.07) is 9.05. The third-order valence-corrected chi connectivity index (χ3v) is 4.63. The molecule has 30 heavy (non-hydrogen) atoms. The van der Waals surface area contributed by atoms with Crippen LogP contribution in [0.4, 0.5) is 10.5 Å². The summed E-state index contributed by atoms with van der Waals surface area (Å²) in [7, 11) is 1.53. The number of ether oxygens (including phenoxy) is 2. The lowest BCUT2D eigenvalue weighted by Crippen LogP contribution is -2.54. The smallest absolute Gasteiger partial charge is 0.335 e. The van der Waals surface area contributed by atoms with E-state index in [9.17, 15) is 14.4 Å². The van der Waals surface area contributed by atoms with Gasteiger partial charge in [-0.15, -0.1) is 0 Å². The Hall–Kier alpha value is -3.32. The Balaban J connectivity index is 2.08. The lowest BCUT2D eigenvalue weighted by atomic mass is 10.0. The maximum atomic E-state index is 13.1. The average Bonchev–Trinajstić information content (AvgIpc) is 2.68. The Morgan fingerprint density at radius 2 is 1.83 bits per heavy atom. The largest absolute Gasteiger partial charge is 0.497 e. The van der Waals surface area contributed by atoms with Crippen molar-refractivity contribution >= 4 is 41.2 Å². The Kier molecular flexibility index (Phi) is 6.12. The number of aryl methyl sites for hydroxylation is 1. The number of carbonyl (C=O) groups excluding carboxylic acids is 3. The normalized spacial score (nSPS) is 15.6. The summed E-state index contributed by atoms with van der Waals surface area (Å²) in [5.74, 6) is -0.522. The monoisotopic (exact) mass is 428 g/mol. The fourth-order valence-electron chi connectivity index (χ4n) is 2.97. The second-order valence-electron chi connectivity index (χ2n) is 6.96. The number of halogens is 1. The van der Waals surface area contributed by atoms with Gasteiger partial charge in [-0.1, -0.05) is 17.7 Å². The van der Waals surface area contributed by atoms with Crippen molar-refractivity contribution in [1.29, 1.82) is 0 Å². The number of rotatable bonds is 5. The van der Waals surface area contributed by atoms with Crippen molar-refractivity contribution in [3.8, 4) is 11.5 Å². The van der Waals surface area contributed by atoms with Crippen LogP contribution in [0.2, 0.25) is 5.02 Å². The number of urea groups is 1. The van der Waals surface area contributed by atoms with E-state index in [1.54, 1.807) is 37.3 Å². The van der Waals surface area contributed by atoms with Gasteiger partial charge in [0.25, 0.3) is 11.8 Å². The number of barbiturate groups is 1. The van der Waals surface area contributed by atoms with Crippen LogP contribution in [-0.4, -0.2) is 31.1 Å². The lowest BCUT2D eigenvalue weighted by molar-refractivity contribution is -0.122. The molecule has 1 saturated heterocycles. The molecule has 7 nitrogen and oxygen atoms in total. The summed E-state index contributed by atoms with van der Waals surface area (Å²) in [5.41, 5.74) is 1.26. The van der Waals surface area contributed by atoms with Crippen molar-refractivity contribution in [1.82, 2.24) is 5.32 Å². The van der Waals surface area contributed by atoms with Crippen LogP contribution in [0.25, 0.3) is 6.08 Å². The Bertz CT molecular complexity index is 1060. The molecule has 3 rings (SSSR count). The van der Waals surface area contributed by atoms with Crippen molar-refractivity contribution < 1.29 is 23.9 Å². The van der Waals surface area contributed by atoms with E-state index in [-0.39, 0.29) is 11.7 Å². The van der Waals surface area contributed by atoms with Crippen LogP contribution >= 0.6 is 11.6 Å². The second-order valence-corrected chi connectivity index (χ2v) is 7.40. The molecule has 1 aliphatic rings. The van der Waals surface area contributed by atoms with Gasteiger partial charge in [-0.3, -0.25) is 14.9 Å². The molecule has 2 aromatic carbocycles. The van der Waals surface area contributed by atoms with Gasteiger partial charge in [-0.2, -0.15) is 0 Å². The van der Waals surface area contributed by atoms with Gasteiger partial charge in [0, 0.05) is 16.7 Å². The van der Waals surface area contributed by atoms with Gasteiger partial charge in [-0.25, -0.2) is 9.69 Å². The van der Waals surface area contributed by atoms with Crippen LogP contribution in [0.3, 0.4) is 0 Å². The molecular weight excluding hydrogens is 408 g/mol. The number of hydrogen-bond acceptors (Lipinski definition) is 5. The summed E-state index contributed by atoms with van der Waals surface area (Å²) in [6.45, 7) is 5.46. The number of hydrogen-bond donors (Lipinski definition) is 1. The molecule has 0 saturated carbocycles. The molecule has 1 aliphatic heterocycles.